The smallest absolute Gasteiger partial charge is 0.254 e. The first-order valence-corrected chi connectivity index (χ1v) is 7.67. The predicted molar refractivity (Wildman–Crippen MR) is 76.5 cm³/mol. The largest absolute Gasteiger partial charge is 0.349 e. The molecule has 0 unspecified atom stereocenters. The standard InChI is InChI=1S/C13H14Br2FNO/c14-8-4-6-9(7-5-8)17-13(18)10-2-1-3-11(15)12(10)16/h1-3,8-9H,4-7H2,(H,17,18). The summed E-state index contributed by atoms with van der Waals surface area (Å²) in [6.45, 7) is 0. The van der Waals surface area contributed by atoms with Crippen LogP contribution in [-0.2, 0) is 0 Å². The van der Waals surface area contributed by atoms with Gasteiger partial charge in [0.1, 0.15) is 5.82 Å². The summed E-state index contributed by atoms with van der Waals surface area (Å²) in [5.74, 6) is -0.823. The van der Waals surface area contributed by atoms with E-state index in [1.165, 1.54) is 6.07 Å². The second-order valence-corrected chi connectivity index (χ2v) is 6.67. The quantitative estimate of drug-likeness (QED) is 0.773. The molecule has 1 amide bonds. The Balaban J connectivity index is 2.01. The monoisotopic (exact) mass is 377 g/mol. The van der Waals surface area contributed by atoms with Crippen LogP contribution in [0.25, 0.3) is 0 Å². The highest BCUT2D eigenvalue weighted by Crippen LogP contribution is 2.25. The molecule has 0 spiro atoms. The van der Waals surface area contributed by atoms with Crippen molar-refractivity contribution in [2.45, 2.75) is 36.6 Å². The van der Waals surface area contributed by atoms with Crippen LogP contribution in [0.2, 0.25) is 0 Å². The molecule has 0 bridgehead atoms. The molecule has 0 aliphatic heterocycles. The molecular formula is C13H14Br2FNO. The number of carbonyl (C=O) groups excluding carboxylic acids is 1. The van der Waals surface area contributed by atoms with Gasteiger partial charge in [-0.3, -0.25) is 4.79 Å². The van der Waals surface area contributed by atoms with Crippen molar-refractivity contribution >= 4 is 37.8 Å². The van der Waals surface area contributed by atoms with Gasteiger partial charge in [-0.2, -0.15) is 0 Å². The Hall–Kier alpha value is -0.420. The SMILES string of the molecule is O=C(NC1CCC(Br)CC1)c1cccc(Br)c1F. The van der Waals surface area contributed by atoms with Crippen LogP contribution in [0.1, 0.15) is 36.0 Å². The topological polar surface area (TPSA) is 29.1 Å². The summed E-state index contributed by atoms with van der Waals surface area (Å²) in [5, 5.41) is 2.90. The molecule has 2 rings (SSSR count). The highest BCUT2D eigenvalue weighted by Gasteiger charge is 2.22. The van der Waals surface area contributed by atoms with E-state index in [-0.39, 0.29) is 17.5 Å². The zero-order chi connectivity index (χ0) is 13.1. The summed E-state index contributed by atoms with van der Waals surface area (Å²) in [4.78, 5) is 12.5. The Morgan fingerprint density at radius 3 is 2.61 bits per heavy atom. The summed E-state index contributed by atoms with van der Waals surface area (Å²) in [5.41, 5.74) is 0.102. The van der Waals surface area contributed by atoms with Gasteiger partial charge in [-0.15, -0.1) is 0 Å². The van der Waals surface area contributed by atoms with Crippen molar-refractivity contribution in [2.75, 3.05) is 0 Å². The fourth-order valence-electron chi connectivity index (χ4n) is 2.14. The van der Waals surface area contributed by atoms with Gasteiger partial charge in [0, 0.05) is 10.9 Å². The lowest BCUT2D eigenvalue weighted by molar-refractivity contribution is 0.0924. The van der Waals surface area contributed by atoms with E-state index in [9.17, 15) is 9.18 Å². The maximum Gasteiger partial charge on any atom is 0.254 e. The molecule has 0 heterocycles. The van der Waals surface area contributed by atoms with Crippen LogP contribution in [0.3, 0.4) is 0 Å². The molecule has 1 aromatic rings. The van der Waals surface area contributed by atoms with Crippen LogP contribution in [0, 0.1) is 5.82 Å². The van der Waals surface area contributed by atoms with Crippen molar-refractivity contribution in [1.29, 1.82) is 0 Å². The van der Waals surface area contributed by atoms with Gasteiger partial charge in [0.15, 0.2) is 0 Å². The molecular weight excluding hydrogens is 365 g/mol. The van der Waals surface area contributed by atoms with Crippen molar-refractivity contribution in [3.05, 3.63) is 34.1 Å². The zero-order valence-electron chi connectivity index (χ0n) is 9.76. The minimum Gasteiger partial charge on any atom is -0.349 e. The van der Waals surface area contributed by atoms with E-state index < -0.39 is 5.82 Å². The summed E-state index contributed by atoms with van der Waals surface area (Å²) in [7, 11) is 0. The first-order chi connectivity index (χ1) is 8.58. The lowest BCUT2D eigenvalue weighted by atomic mass is 9.95. The number of nitrogens with one attached hydrogen (secondary N) is 1. The normalized spacial score (nSPS) is 23.7. The summed E-state index contributed by atoms with van der Waals surface area (Å²) in [6, 6.07) is 4.91. The van der Waals surface area contributed by atoms with Gasteiger partial charge >= 0.3 is 0 Å². The number of halogens is 3. The van der Waals surface area contributed by atoms with Gasteiger partial charge in [0.05, 0.1) is 10.0 Å². The van der Waals surface area contributed by atoms with E-state index >= 15 is 0 Å². The van der Waals surface area contributed by atoms with Gasteiger partial charge in [0.2, 0.25) is 0 Å². The van der Waals surface area contributed by atoms with Gasteiger partial charge in [-0.1, -0.05) is 22.0 Å². The number of carbonyl (C=O) groups is 1. The molecule has 1 aliphatic rings. The summed E-state index contributed by atoms with van der Waals surface area (Å²) >= 11 is 6.66. The van der Waals surface area contributed by atoms with Crippen molar-refractivity contribution in [3.63, 3.8) is 0 Å². The summed E-state index contributed by atoms with van der Waals surface area (Å²) in [6.07, 6.45) is 3.98. The van der Waals surface area contributed by atoms with Gasteiger partial charge in [0.25, 0.3) is 5.91 Å². The van der Waals surface area contributed by atoms with E-state index in [2.05, 4.69) is 37.2 Å². The lowest BCUT2D eigenvalue weighted by Gasteiger charge is -2.26. The molecule has 1 saturated carbocycles. The number of amides is 1. The van der Waals surface area contributed by atoms with Crippen molar-refractivity contribution in [3.8, 4) is 0 Å². The number of benzene rings is 1. The molecule has 0 aromatic heterocycles. The highest BCUT2D eigenvalue weighted by atomic mass is 79.9. The zero-order valence-corrected chi connectivity index (χ0v) is 12.9. The average Bonchev–Trinajstić information content (AvgIpc) is 2.35. The van der Waals surface area contributed by atoms with Crippen LogP contribution in [-0.4, -0.2) is 16.8 Å². The highest BCUT2D eigenvalue weighted by molar-refractivity contribution is 9.10. The molecule has 2 nitrogen and oxygen atoms in total. The van der Waals surface area contributed by atoms with Gasteiger partial charge in [-0.05, 0) is 53.7 Å². The molecule has 98 valence electrons. The van der Waals surface area contributed by atoms with Crippen molar-refractivity contribution < 1.29 is 9.18 Å². The van der Waals surface area contributed by atoms with Crippen molar-refractivity contribution in [1.82, 2.24) is 5.32 Å². The third kappa shape index (κ3) is 3.32. The Morgan fingerprint density at radius 2 is 1.94 bits per heavy atom. The molecule has 18 heavy (non-hydrogen) atoms. The Bertz CT molecular complexity index is 445. The van der Waals surface area contributed by atoms with Gasteiger partial charge < -0.3 is 5.32 Å². The third-order valence-electron chi connectivity index (χ3n) is 3.19. The Morgan fingerprint density at radius 1 is 1.28 bits per heavy atom. The van der Waals surface area contributed by atoms with E-state index in [1.54, 1.807) is 12.1 Å². The first kappa shape index (κ1) is 14.0. The number of hydrogen-bond donors (Lipinski definition) is 1. The van der Waals surface area contributed by atoms with Crippen LogP contribution in [0.5, 0.6) is 0 Å². The minimum atomic E-state index is -0.496. The molecule has 0 atom stereocenters. The number of alkyl halides is 1. The van der Waals surface area contributed by atoms with E-state index in [4.69, 9.17) is 0 Å². The Kier molecular flexibility index (Phi) is 4.78. The predicted octanol–water partition coefficient (Wildman–Crippen LogP) is 4.02. The fraction of sp³-hybridized carbons (Fsp3) is 0.462. The van der Waals surface area contributed by atoms with E-state index in [0.717, 1.165) is 25.7 Å². The van der Waals surface area contributed by atoms with E-state index in [0.29, 0.717) is 9.30 Å². The van der Waals surface area contributed by atoms with Crippen LogP contribution >= 0.6 is 31.9 Å². The molecule has 5 heteroatoms. The number of hydrogen-bond acceptors (Lipinski definition) is 1. The lowest BCUT2D eigenvalue weighted by Crippen LogP contribution is -2.38. The second-order valence-electron chi connectivity index (χ2n) is 4.52. The Labute approximate surface area is 123 Å². The number of rotatable bonds is 2. The minimum absolute atomic E-state index is 0.102. The van der Waals surface area contributed by atoms with E-state index in [1.807, 2.05) is 0 Å². The maximum absolute atomic E-state index is 13.8. The van der Waals surface area contributed by atoms with Crippen LogP contribution in [0.15, 0.2) is 22.7 Å². The van der Waals surface area contributed by atoms with Crippen LogP contribution < -0.4 is 5.32 Å². The second kappa shape index (κ2) is 6.15. The molecule has 0 saturated heterocycles. The molecule has 1 fully saturated rings. The fourth-order valence-corrected chi connectivity index (χ4v) is 3.03. The van der Waals surface area contributed by atoms with Crippen molar-refractivity contribution in [2.24, 2.45) is 0 Å². The van der Waals surface area contributed by atoms with Crippen LogP contribution in [0.4, 0.5) is 4.39 Å². The molecule has 1 aromatic carbocycles. The summed E-state index contributed by atoms with van der Waals surface area (Å²) < 4.78 is 14.1. The average molecular weight is 379 g/mol. The maximum atomic E-state index is 13.8. The molecule has 1 N–H and O–H groups in total. The first-order valence-electron chi connectivity index (χ1n) is 5.97. The third-order valence-corrected chi connectivity index (χ3v) is 4.72. The molecule has 1 aliphatic carbocycles. The molecule has 0 radical (unpaired) electrons. The van der Waals surface area contributed by atoms with Gasteiger partial charge in [-0.25, -0.2) is 4.39 Å².